The highest BCUT2D eigenvalue weighted by atomic mass is 32.2. The Hall–Kier alpha value is -2.14. The maximum absolute atomic E-state index is 15.1. The summed E-state index contributed by atoms with van der Waals surface area (Å²) < 4.78 is 15.1. The minimum absolute atomic E-state index is 0.302. The van der Waals surface area contributed by atoms with Crippen molar-refractivity contribution in [2.75, 3.05) is 0 Å². The molecule has 0 saturated heterocycles. The highest BCUT2D eigenvalue weighted by Crippen LogP contribution is 2.54. The summed E-state index contributed by atoms with van der Waals surface area (Å²) in [6, 6.07) is 5.22. The number of nitrogens with zero attached hydrogens (tertiary/aromatic N) is 1. The topological polar surface area (TPSA) is 50.2 Å². The van der Waals surface area contributed by atoms with Crippen LogP contribution in [0.5, 0.6) is 0 Å². The summed E-state index contributed by atoms with van der Waals surface area (Å²) in [6.45, 7) is 5.71. The molecular weight excluding hydrogens is 385 g/mol. The molecule has 5 heteroatoms. The van der Waals surface area contributed by atoms with Crippen molar-refractivity contribution in [2.45, 2.75) is 68.9 Å². The van der Waals surface area contributed by atoms with Crippen molar-refractivity contribution in [3.63, 3.8) is 0 Å². The zero-order valence-corrected chi connectivity index (χ0v) is 17.9. The average molecular weight is 412 g/mol. The first-order valence-corrected chi connectivity index (χ1v) is 11.2. The van der Waals surface area contributed by atoms with Crippen LogP contribution >= 0.6 is 11.8 Å². The smallest absolute Gasteiger partial charge is 0.311 e. The van der Waals surface area contributed by atoms with Crippen molar-refractivity contribution in [2.24, 2.45) is 0 Å². The maximum Gasteiger partial charge on any atom is 0.311 e. The lowest BCUT2D eigenvalue weighted by Gasteiger charge is -2.22. The number of hydrogen-bond donors (Lipinski definition) is 1. The van der Waals surface area contributed by atoms with Crippen molar-refractivity contribution >= 4 is 23.3 Å². The minimum atomic E-state index is -0.870. The Morgan fingerprint density at radius 3 is 2.86 bits per heavy atom. The van der Waals surface area contributed by atoms with Crippen molar-refractivity contribution in [1.29, 1.82) is 0 Å². The number of fused-ring (bicyclic) bond motifs is 3. The number of aryl methyl sites for hydroxylation is 2. The molecule has 2 atom stereocenters. The number of carbonyl (C=O) groups is 1. The van der Waals surface area contributed by atoms with Gasteiger partial charge < -0.3 is 5.11 Å². The molecule has 1 aliphatic carbocycles. The summed E-state index contributed by atoms with van der Waals surface area (Å²) in [7, 11) is 0. The Balaban J connectivity index is 2.03. The number of thioether (sulfide) groups is 1. The van der Waals surface area contributed by atoms with Crippen molar-refractivity contribution in [1.82, 2.24) is 4.98 Å². The SMILES string of the molecule is CCCC(C(=O)O)c1c(C)nc2c(c1-c1ccc(C)cc1F)SC1CCCC=C21. The largest absolute Gasteiger partial charge is 0.481 e. The van der Waals surface area contributed by atoms with E-state index in [-0.39, 0.29) is 5.82 Å². The summed E-state index contributed by atoms with van der Waals surface area (Å²) >= 11 is 1.73. The van der Waals surface area contributed by atoms with Gasteiger partial charge in [-0.25, -0.2) is 4.39 Å². The number of halogens is 1. The first-order valence-electron chi connectivity index (χ1n) is 10.3. The van der Waals surface area contributed by atoms with E-state index in [1.54, 1.807) is 17.8 Å². The number of rotatable bonds is 5. The molecule has 29 heavy (non-hydrogen) atoms. The van der Waals surface area contributed by atoms with E-state index in [4.69, 9.17) is 4.98 Å². The van der Waals surface area contributed by atoms with Crippen molar-refractivity contribution in [3.05, 3.63) is 52.6 Å². The average Bonchev–Trinajstić information content (AvgIpc) is 3.04. The lowest BCUT2D eigenvalue weighted by Crippen LogP contribution is -2.16. The second-order valence-corrected chi connectivity index (χ2v) is 9.24. The third kappa shape index (κ3) is 3.50. The predicted molar refractivity (Wildman–Crippen MR) is 116 cm³/mol. The monoisotopic (exact) mass is 411 g/mol. The van der Waals surface area contributed by atoms with Gasteiger partial charge in [-0.15, -0.1) is 11.8 Å². The van der Waals surface area contributed by atoms with E-state index in [0.717, 1.165) is 47.4 Å². The van der Waals surface area contributed by atoms with Crippen LogP contribution in [0.3, 0.4) is 0 Å². The number of allylic oxidation sites excluding steroid dienone is 1. The molecule has 152 valence electrons. The van der Waals surface area contributed by atoms with Gasteiger partial charge in [-0.1, -0.05) is 31.6 Å². The third-order valence-corrected chi connectivity index (χ3v) is 7.32. The predicted octanol–water partition coefficient (Wildman–Crippen LogP) is 6.51. The molecule has 2 aliphatic rings. The van der Waals surface area contributed by atoms with Crippen LogP contribution < -0.4 is 0 Å². The Labute approximate surface area is 175 Å². The summed E-state index contributed by atoms with van der Waals surface area (Å²) in [5.74, 6) is -1.86. The van der Waals surface area contributed by atoms with Gasteiger partial charge >= 0.3 is 5.97 Å². The molecule has 0 amide bonds. The number of carboxylic acid groups (broad SMARTS) is 1. The number of hydrogen-bond acceptors (Lipinski definition) is 3. The highest BCUT2D eigenvalue weighted by molar-refractivity contribution is 8.01. The molecule has 0 saturated carbocycles. The lowest BCUT2D eigenvalue weighted by atomic mass is 9.85. The number of pyridine rings is 1. The van der Waals surface area contributed by atoms with Gasteiger partial charge in [0.05, 0.1) is 11.6 Å². The molecule has 2 unspecified atom stereocenters. The Bertz CT molecular complexity index is 1010. The van der Waals surface area contributed by atoms with E-state index in [1.165, 1.54) is 11.6 Å². The Morgan fingerprint density at radius 2 is 2.17 bits per heavy atom. The summed E-state index contributed by atoms with van der Waals surface area (Å²) in [4.78, 5) is 18.0. The zero-order chi connectivity index (χ0) is 20.7. The molecule has 0 radical (unpaired) electrons. The molecular formula is C24H26FNO2S. The molecule has 0 spiro atoms. The second-order valence-electron chi connectivity index (χ2n) is 8.02. The number of aliphatic carboxylic acids is 1. The van der Waals surface area contributed by atoms with Crippen LogP contribution in [-0.4, -0.2) is 21.3 Å². The highest BCUT2D eigenvalue weighted by Gasteiger charge is 2.37. The molecule has 2 aromatic rings. The van der Waals surface area contributed by atoms with Crippen LogP contribution in [0.25, 0.3) is 16.7 Å². The minimum Gasteiger partial charge on any atom is -0.481 e. The van der Waals surface area contributed by atoms with Gasteiger partial charge in [0.25, 0.3) is 0 Å². The van der Waals surface area contributed by atoms with E-state index in [2.05, 4.69) is 6.08 Å². The van der Waals surface area contributed by atoms with Crippen molar-refractivity contribution in [3.8, 4) is 11.1 Å². The van der Waals surface area contributed by atoms with E-state index < -0.39 is 11.9 Å². The van der Waals surface area contributed by atoms with Gasteiger partial charge in [-0.3, -0.25) is 9.78 Å². The van der Waals surface area contributed by atoms with Gasteiger partial charge in [-0.05, 0) is 62.3 Å². The van der Waals surface area contributed by atoms with Crippen LogP contribution in [0.2, 0.25) is 0 Å². The molecule has 3 nitrogen and oxygen atoms in total. The molecule has 1 N–H and O–H groups in total. The first kappa shape index (κ1) is 20.1. The van der Waals surface area contributed by atoms with Gasteiger partial charge in [0, 0.05) is 27.0 Å². The fourth-order valence-corrected chi connectivity index (χ4v) is 6.09. The number of aromatic nitrogens is 1. The van der Waals surface area contributed by atoms with Crippen LogP contribution in [0.1, 0.15) is 67.5 Å². The van der Waals surface area contributed by atoms with Crippen LogP contribution in [0.4, 0.5) is 4.39 Å². The van der Waals surface area contributed by atoms with Gasteiger partial charge in [-0.2, -0.15) is 0 Å². The van der Waals surface area contributed by atoms with Gasteiger partial charge in [0.2, 0.25) is 0 Å². The van der Waals surface area contributed by atoms with Crippen LogP contribution in [0, 0.1) is 19.7 Å². The van der Waals surface area contributed by atoms with Crippen LogP contribution in [-0.2, 0) is 4.79 Å². The van der Waals surface area contributed by atoms with E-state index >= 15 is 4.39 Å². The summed E-state index contributed by atoms with van der Waals surface area (Å²) in [5, 5.41) is 10.3. The fourth-order valence-electron chi connectivity index (χ4n) is 4.57. The maximum atomic E-state index is 15.1. The second kappa shape index (κ2) is 7.94. The lowest BCUT2D eigenvalue weighted by molar-refractivity contribution is -0.139. The van der Waals surface area contributed by atoms with E-state index in [1.807, 2.05) is 26.8 Å². The molecule has 1 aliphatic heterocycles. The van der Waals surface area contributed by atoms with E-state index in [9.17, 15) is 9.90 Å². The first-order chi connectivity index (χ1) is 13.9. The quantitative estimate of drug-likeness (QED) is 0.609. The zero-order valence-electron chi connectivity index (χ0n) is 17.1. The third-order valence-electron chi connectivity index (χ3n) is 5.91. The fraction of sp³-hybridized carbons (Fsp3) is 0.417. The standard InChI is InChI=1S/C24H26FNO2S/c1-4-7-17(24(27)28)20-14(3)26-22-16-8-5-6-9-19(16)29-23(22)21(20)15-11-10-13(2)12-18(15)25/h8,10-12,17,19H,4-7,9H2,1-3H3,(H,27,28). The van der Waals surface area contributed by atoms with E-state index in [0.29, 0.717) is 28.5 Å². The Kier molecular flexibility index (Phi) is 5.52. The Morgan fingerprint density at radius 1 is 1.38 bits per heavy atom. The van der Waals surface area contributed by atoms with Gasteiger partial charge in [0.1, 0.15) is 5.82 Å². The molecule has 0 bridgehead atoms. The van der Waals surface area contributed by atoms with Gasteiger partial charge in [0.15, 0.2) is 0 Å². The van der Waals surface area contributed by atoms with Crippen molar-refractivity contribution < 1.29 is 14.3 Å². The summed E-state index contributed by atoms with van der Waals surface area (Å²) in [6.07, 6.45) is 6.76. The molecule has 4 rings (SSSR count). The summed E-state index contributed by atoms with van der Waals surface area (Å²) in [5.41, 5.74) is 5.62. The molecule has 0 fully saturated rings. The molecule has 1 aromatic carbocycles. The normalized spacial score (nSPS) is 18.8. The van der Waals surface area contributed by atoms with Crippen LogP contribution in [0.15, 0.2) is 29.2 Å². The number of benzene rings is 1. The molecule has 1 aromatic heterocycles. The number of carboxylic acids is 1. The molecule has 2 heterocycles.